The second kappa shape index (κ2) is 11.1. The highest BCUT2D eigenvalue weighted by molar-refractivity contribution is 7.47. The van der Waals surface area contributed by atoms with Crippen molar-refractivity contribution in [3.8, 4) is 11.1 Å². The second-order valence-corrected chi connectivity index (χ2v) is 9.73. The standard InChI is InChI=1S/C26H26NO8P/c1-17(35-36(31,32)34-15-18-9-3-2-4-10-18)24(25(28)29)27-26(30)33-16-23-21-13-7-5-11-19(21)20-12-6-8-14-22(20)23/h2-14,17,23-24H,15-16H2,1H3,(H,27,30)(H,28,29)(H,31,32)/t17-,24?/m0/s1. The van der Waals surface area contributed by atoms with Gasteiger partial charge in [0.25, 0.3) is 0 Å². The van der Waals surface area contributed by atoms with E-state index in [1.165, 1.54) is 6.92 Å². The van der Waals surface area contributed by atoms with Crippen molar-refractivity contribution < 1.29 is 37.9 Å². The molecule has 9 nitrogen and oxygen atoms in total. The third kappa shape index (κ3) is 6.01. The summed E-state index contributed by atoms with van der Waals surface area (Å²) in [6, 6.07) is 22.6. The van der Waals surface area contributed by atoms with Crippen LogP contribution in [-0.4, -0.2) is 40.8 Å². The minimum absolute atomic E-state index is 0.0138. The molecule has 0 radical (unpaired) electrons. The topological polar surface area (TPSA) is 131 Å². The summed E-state index contributed by atoms with van der Waals surface area (Å²) in [4.78, 5) is 34.3. The quantitative estimate of drug-likeness (QED) is 0.334. The molecule has 0 bridgehead atoms. The molecule has 3 atom stereocenters. The molecule has 0 heterocycles. The fraction of sp³-hybridized carbons (Fsp3) is 0.231. The van der Waals surface area contributed by atoms with E-state index in [1.807, 2.05) is 48.5 Å². The third-order valence-electron chi connectivity index (χ3n) is 5.89. The molecule has 10 heteroatoms. The van der Waals surface area contributed by atoms with Crippen molar-refractivity contribution >= 4 is 19.9 Å². The van der Waals surface area contributed by atoms with E-state index in [0.29, 0.717) is 5.56 Å². The monoisotopic (exact) mass is 511 g/mol. The molecule has 1 aliphatic rings. The van der Waals surface area contributed by atoms with Crippen molar-refractivity contribution in [2.75, 3.05) is 6.61 Å². The van der Waals surface area contributed by atoms with Gasteiger partial charge in [0.05, 0.1) is 12.7 Å². The van der Waals surface area contributed by atoms with Crippen molar-refractivity contribution in [2.24, 2.45) is 0 Å². The van der Waals surface area contributed by atoms with E-state index < -0.39 is 32.0 Å². The molecule has 1 amide bonds. The van der Waals surface area contributed by atoms with Gasteiger partial charge in [-0.1, -0.05) is 78.9 Å². The highest BCUT2D eigenvalue weighted by atomic mass is 31.2. The molecule has 2 unspecified atom stereocenters. The maximum atomic E-state index is 12.5. The fourth-order valence-electron chi connectivity index (χ4n) is 4.18. The van der Waals surface area contributed by atoms with Gasteiger partial charge in [-0.3, -0.25) is 9.05 Å². The molecule has 1 aliphatic carbocycles. The number of carbonyl (C=O) groups is 2. The lowest BCUT2D eigenvalue weighted by molar-refractivity contribution is -0.141. The van der Waals surface area contributed by atoms with Gasteiger partial charge in [-0.25, -0.2) is 14.2 Å². The Morgan fingerprint density at radius 1 is 0.944 bits per heavy atom. The first-order chi connectivity index (χ1) is 17.2. The molecule has 0 spiro atoms. The maximum absolute atomic E-state index is 12.5. The number of carbonyl (C=O) groups excluding carboxylic acids is 1. The number of aliphatic carboxylic acids is 1. The Kier molecular flexibility index (Phi) is 7.86. The SMILES string of the molecule is C[C@H](OP(=O)(O)OCc1ccccc1)C(NC(=O)OCC1c2ccccc2-c2ccccc21)C(=O)O. The van der Waals surface area contributed by atoms with E-state index in [9.17, 15) is 24.2 Å². The number of hydrogen-bond acceptors (Lipinski definition) is 6. The molecular formula is C26H26NO8P. The summed E-state index contributed by atoms with van der Waals surface area (Å²) in [5.41, 5.74) is 4.77. The maximum Gasteiger partial charge on any atom is 0.472 e. The highest BCUT2D eigenvalue weighted by Gasteiger charge is 2.35. The molecule has 0 saturated heterocycles. The fourth-order valence-corrected chi connectivity index (χ4v) is 5.09. The van der Waals surface area contributed by atoms with Gasteiger partial charge in [0.2, 0.25) is 0 Å². The Morgan fingerprint density at radius 2 is 1.50 bits per heavy atom. The van der Waals surface area contributed by atoms with Gasteiger partial charge in [0, 0.05) is 5.92 Å². The minimum atomic E-state index is -4.61. The largest absolute Gasteiger partial charge is 0.480 e. The van der Waals surface area contributed by atoms with Crippen LogP contribution in [0, 0.1) is 0 Å². The number of benzene rings is 3. The average Bonchev–Trinajstić information content (AvgIpc) is 3.18. The number of rotatable bonds is 10. The summed E-state index contributed by atoms with van der Waals surface area (Å²) in [7, 11) is -4.61. The van der Waals surface area contributed by atoms with E-state index in [0.717, 1.165) is 22.3 Å². The van der Waals surface area contributed by atoms with Crippen molar-refractivity contribution in [2.45, 2.75) is 31.6 Å². The molecule has 188 valence electrons. The van der Waals surface area contributed by atoms with Crippen LogP contribution in [0.1, 0.15) is 29.5 Å². The van der Waals surface area contributed by atoms with Crippen molar-refractivity contribution in [1.29, 1.82) is 0 Å². The summed E-state index contributed by atoms with van der Waals surface area (Å²) in [5.74, 6) is -1.66. The van der Waals surface area contributed by atoms with E-state index in [2.05, 4.69) is 5.32 Å². The van der Waals surface area contributed by atoms with Crippen LogP contribution in [0.3, 0.4) is 0 Å². The number of phosphoric ester groups is 1. The van der Waals surface area contributed by atoms with E-state index in [-0.39, 0.29) is 19.1 Å². The zero-order chi connectivity index (χ0) is 25.7. The summed E-state index contributed by atoms with van der Waals surface area (Å²) >= 11 is 0. The predicted octanol–water partition coefficient (Wildman–Crippen LogP) is 4.70. The molecule has 0 fully saturated rings. The average molecular weight is 511 g/mol. The smallest absolute Gasteiger partial charge is 0.472 e. The molecule has 3 N–H and O–H groups in total. The summed E-state index contributed by atoms with van der Waals surface area (Å²) in [6.07, 6.45) is -2.38. The van der Waals surface area contributed by atoms with Gasteiger partial charge in [0.15, 0.2) is 6.04 Å². The molecule has 4 rings (SSSR count). The molecule has 0 aromatic heterocycles. The predicted molar refractivity (Wildman–Crippen MR) is 131 cm³/mol. The Labute approximate surface area is 208 Å². The highest BCUT2D eigenvalue weighted by Crippen LogP contribution is 2.46. The number of phosphoric acid groups is 1. The first-order valence-electron chi connectivity index (χ1n) is 11.3. The van der Waals surface area contributed by atoms with Crippen molar-refractivity contribution in [3.63, 3.8) is 0 Å². The van der Waals surface area contributed by atoms with Crippen LogP contribution in [0.15, 0.2) is 78.9 Å². The number of carboxylic acid groups (broad SMARTS) is 1. The summed E-state index contributed by atoms with van der Waals surface area (Å²) in [6.45, 7) is 1.02. The molecular weight excluding hydrogens is 485 g/mol. The third-order valence-corrected chi connectivity index (χ3v) is 6.94. The minimum Gasteiger partial charge on any atom is -0.480 e. The first kappa shape index (κ1) is 25.6. The van der Waals surface area contributed by atoms with E-state index in [4.69, 9.17) is 13.8 Å². The zero-order valence-corrected chi connectivity index (χ0v) is 20.3. The number of fused-ring (bicyclic) bond motifs is 3. The normalized spacial score (nSPS) is 15.7. The molecule has 0 aliphatic heterocycles. The van der Waals surface area contributed by atoms with Crippen LogP contribution >= 0.6 is 7.82 Å². The summed E-state index contributed by atoms with van der Waals surface area (Å²) < 4.78 is 27.6. The lowest BCUT2D eigenvalue weighted by atomic mass is 9.98. The number of ether oxygens (including phenoxy) is 1. The van der Waals surface area contributed by atoms with Gasteiger partial charge in [-0.2, -0.15) is 0 Å². The first-order valence-corrected chi connectivity index (χ1v) is 12.8. The van der Waals surface area contributed by atoms with Crippen molar-refractivity contribution in [1.82, 2.24) is 5.32 Å². The van der Waals surface area contributed by atoms with Crippen LogP contribution in [-0.2, 0) is 29.8 Å². The number of alkyl carbamates (subject to hydrolysis) is 1. The Morgan fingerprint density at radius 3 is 2.08 bits per heavy atom. The van der Waals surface area contributed by atoms with Gasteiger partial charge in [-0.05, 0) is 34.7 Å². The number of carboxylic acids is 1. The lowest BCUT2D eigenvalue weighted by Crippen LogP contribution is -2.48. The van der Waals surface area contributed by atoms with Gasteiger partial charge < -0.3 is 20.1 Å². The van der Waals surface area contributed by atoms with Gasteiger partial charge >= 0.3 is 19.9 Å². The van der Waals surface area contributed by atoms with Gasteiger partial charge in [-0.15, -0.1) is 0 Å². The van der Waals surface area contributed by atoms with Crippen LogP contribution in [0.2, 0.25) is 0 Å². The van der Waals surface area contributed by atoms with E-state index in [1.54, 1.807) is 30.3 Å². The van der Waals surface area contributed by atoms with Crippen LogP contribution in [0.5, 0.6) is 0 Å². The molecule has 36 heavy (non-hydrogen) atoms. The van der Waals surface area contributed by atoms with Crippen LogP contribution < -0.4 is 5.32 Å². The van der Waals surface area contributed by atoms with E-state index >= 15 is 0 Å². The zero-order valence-electron chi connectivity index (χ0n) is 19.4. The second-order valence-electron chi connectivity index (χ2n) is 8.32. The lowest BCUT2D eigenvalue weighted by Gasteiger charge is -2.24. The Balaban J connectivity index is 1.35. The van der Waals surface area contributed by atoms with Crippen molar-refractivity contribution in [3.05, 3.63) is 95.6 Å². The van der Waals surface area contributed by atoms with Crippen LogP contribution in [0.25, 0.3) is 11.1 Å². The number of amides is 1. The number of hydrogen-bond donors (Lipinski definition) is 3. The molecule has 3 aromatic carbocycles. The Bertz CT molecular complexity index is 1240. The Hall–Kier alpha value is -3.49. The molecule has 0 saturated carbocycles. The molecule has 3 aromatic rings. The van der Waals surface area contributed by atoms with Crippen LogP contribution in [0.4, 0.5) is 4.79 Å². The summed E-state index contributed by atoms with van der Waals surface area (Å²) in [5, 5.41) is 11.8. The van der Waals surface area contributed by atoms with Gasteiger partial charge in [0.1, 0.15) is 6.61 Å². The number of nitrogens with one attached hydrogen (secondary N) is 1.